The van der Waals surface area contributed by atoms with Crippen LogP contribution in [0.5, 0.6) is 0 Å². The van der Waals surface area contributed by atoms with Crippen LogP contribution in [0.2, 0.25) is 0 Å². The van der Waals surface area contributed by atoms with Crippen LogP contribution in [-0.2, 0) is 11.1 Å². The number of rotatable bonds is 3. The fourth-order valence-electron chi connectivity index (χ4n) is 2.04. The summed E-state index contributed by atoms with van der Waals surface area (Å²) >= 11 is -2.57. The Morgan fingerprint density at radius 1 is 1.44 bits per heavy atom. The molecule has 0 aliphatic heterocycles. The van der Waals surface area contributed by atoms with E-state index in [9.17, 15) is 21.9 Å². The maximum atomic E-state index is 12.1. The van der Waals surface area contributed by atoms with Gasteiger partial charge in [0.1, 0.15) is 0 Å². The van der Waals surface area contributed by atoms with Crippen molar-refractivity contribution in [2.75, 3.05) is 0 Å². The zero-order valence-corrected chi connectivity index (χ0v) is 10.6. The van der Waals surface area contributed by atoms with Crippen molar-refractivity contribution >= 4 is 11.1 Å². The van der Waals surface area contributed by atoms with Crippen LogP contribution in [0, 0.1) is 18.3 Å². The number of terminal acetylenes is 1. The Kier molecular flexibility index (Phi) is 5.42. The second kappa shape index (κ2) is 6.39. The van der Waals surface area contributed by atoms with Crippen LogP contribution < -0.4 is 0 Å². The average molecular weight is 279 g/mol. The first-order chi connectivity index (χ1) is 8.33. The van der Waals surface area contributed by atoms with Crippen LogP contribution in [0.4, 0.5) is 13.2 Å². The summed E-state index contributed by atoms with van der Waals surface area (Å²) in [7, 11) is 0. The Bertz CT molecular complexity index is 383. The van der Waals surface area contributed by atoms with E-state index in [0.29, 0.717) is 31.3 Å². The number of allylic oxidation sites excluding steroid dienone is 2. The fourth-order valence-corrected chi connectivity index (χ4v) is 2.75. The lowest BCUT2D eigenvalue weighted by Crippen LogP contribution is -2.13. The van der Waals surface area contributed by atoms with Crippen molar-refractivity contribution in [3.63, 3.8) is 0 Å². The van der Waals surface area contributed by atoms with Crippen molar-refractivity contribution < 1.29 is 21.9 Å². The highest BCUT2D eigenvalue weighted by Crippen LogP contribution is 2.34. The molecular weight excluding hydrogens is 265 g/mol. The molecule has 2 nitrogen and oxygen atoms in total. The molecule has 0 heterocycles. The zero-order valence-electron chi connectivity index (χ0n) is 9.76. The molecule has 1 unspecified atom stereocenters. The maximum absolute atomic E-state index is 12.1. The summed E-state index contributed by atoms with van der Waals surface area (Å²) in [4.78, 5) is -0.0807. The molecule has 0 aromatic heterocycles. The SMILES string of the molecule is C#CC1CCC(=C(CCC(F)(F)F)S(=O)[O-])CC1. The van der Waals surface area contributed by atoms with E-state index in [0.717, 1.165) is 0 Å². The molecule has 1 atom stereocenters. The van der Waals surface area contributed by atoms with Crippen LogP contribution >= 0.6 is 0 Å². The largest absolute Gasteiger partial charge is 0.769 e. The molecule has 1 saturated carbocycles. The van der Waals surface area contributed by atoms with Gasteiger partial charge in [-0.1, -0.05) is 5.57 Å². The Labute approximate surface area is 107 Å². The zero-order chi connectivity index (χ0) is 13.8. The second-order valence-electron chi connectivity index (χ2n) is 4.32. The molecule has 0 amide bonds. The highest BCUT2D eigenvalue weighted by Gasteiger charge is 2.28. The lowest BCUT2D eigenvalue weighted by molar-refractivity contribution is -0.133. The van der Waals surface area contributed by atoms with E-state index in [1.807, 2.05) is 0 Å². The smallest absolute Gasteiger partial charge is 0.389 e. The van der Waals surface area contributed by atoms with Gasteiger partial charge in [0.15, 0.2) is 0 Å². The van der Waals surface area contributed by atoms with Crippen molar-refractivity contribution in [1.82, 2.24) is 0 Å². The molecule has 1 fully saturated rings. The van der Waals surface area contributed by atoms with Crippen molar-refractivity contribution in [1.29, 1.82) is 0 Å². The first-order valence-corrected chi connectivity index (χ1v) is 6.74. The first-order valence-electron chi connectivity index (χ1n) is 5.66. The van der Waals surface area contributed by atoms with E-state index in [1.165, 1.54) is 0 Å². The minimum absolute atomic E-state index is 0.0807. The molecule has 0 saturated heterocycles. The predicted molar refractivity (Wildman–Crippen MR) is 62.0 cm³/mol. The third kappa shape index (κ3) is 4.83. The Morgan fingerprint density at radius 2 is 2.00 bits per heavy atom. The summed E-state index contributed by atoms with van der Waals surface area (Å²) in [6.45, 7) is 0. The van der Waals surface area contributed by atoms with Gasteiger partial charge in [0.2, 0.25) is 0 Å². The summed E-state index contributed by atoms with van der Waals surface area (Å²) in [6, 6.07) is 0. The van der Waals surface area contributed by atoms with E-state index >= 15 is 0 Å². The van der Waals surface area contributed by atoms with E-state index in [1.54, 1.807) is 0 Å². The summed E-state index contributed by atoms with van der Waals surface area (Å²) in [5.41, 5.74) is 0.610. The molecule has 1 aliphatic rings. The highest BCUT2D eigenvalue weighted by molar-refractivity contribution is 7.83. The highest BCUT2D eigenvalue weighted by atomic mass is 32.2. The summed E-state index contributed by atoms with van der Waals surface area (Å²) in [6.07, 6.45) is 1.64. The quantitative estimate of drug-likeness (QED) is 0.587. The van der Waals surface area contributed by atoms with E-state index in [4.69, 9.17) is 6.42 Å². The topological polar surface area (TPSA) is 40.1 Å². The standard InChI is InChI=1S/C12H15F3O2S/c1-2-9-3-5-10(6-4-9)11(18(16)17)7-8-12(13,14)15/h1,9H,3-8H2,(H,16,17)/p-1. The van der Waals surface area contributed by atoms with Gasteiger partial charge in [0.05, 0.1) is 0 Å². The van der Waals surface area contributed by atoms with E-state index < -0.39 is 30.1 Å². The minimum atomic E-state index is -4.33. The number of hydrogen-bond donors (Lipinski definition) is 0. The Hall–Kier alpha value is -0.800. The molecular formula is C12H14F3O2S-. The molecule has 6 heteroatoms. The normalized spacial score (nSPS) is 22.4. The third-order valence-electron chi connectivity index (χ3n) is 3.06. The van der Waals surface area contributed by atoms with E-state index in [2.05, 4.69) is 5.92 Å². The molecule has 1 aliphatic carbocycles. The molecule has 0 spiro atoms. The van der Waals surface area contributed by atoms with Crippen LogP contribution in [0.1, 0.15) is 38.5 Å². The van der Waals surface area contributed by atoms with Crippen molar-refractivity contribution in [2.24, 2.45) is 5.92 Å². The lowest BCUT2D eigenvalue weighted by Gasteiger charge is -2.24. The predicted octanol–water partition coefficient (Wildman–Crippen LogP) is 3.29. The first kappa shape index (κ1) is 15.3. The lowest BCUT2D eigenvalue weighted by atomic mass is 9.86. The van der Waals surface area contributed by atoms with Crippen molar-refractivity contribution in [3.05, 3.63) is 10.5 Å². The Morgan fingerprint density at radius 3 is 2.39 bits per heavy atom. The molecule has 0 N–H and O–H groups in total. The van der Waals surface area contributed by atoms with Crippen molar-refractivity contribution in [3.8, 4) is 12.3 Å². The fraction of sp³-hybridized carbons (Fsp3) is 0.667. The van der Waals surface area contributed by atoms with Gasteiger partial charge in [-0.05, 0) is 43.2 Å². The Balaban J connectivity index is 2.73. The summed E-state index contributed by atoms with van der Waals surface area (Å²) < 4.78 is 58.3. The molecule has 0 bridgehead atoms. The number of alkyl halides is 3. The molecule has 0 aromatic carbocycles. The van der Waals surface area contributed by atoms with Crippen LogP contribution in [0.15, 0.2) is 10.5 Å². The summed E-state index contributed by atoms with van der Waals surface area (Å²) in [5, 5.41) is 0. The summed E-state index contributed by atoms with van der Waals surface area (Å²) in [5.74, 6) is 2.70. The van der Waals surface area contributed by atoms with Gasteiger partial charge in [-0.15, -0.1) is 12.3 Å². The molecule has 0 aromatic rings. The second-order valence-corrected chi connectivity index (χ2v) is 5.28. The van der Waals surface area contributed by atoms with Gasteiger partial charge in [0.25, 0.3) is 0 Å². The van der Waals surface area contributed by atoms with Gasteiger partial charge in [-0.2, -0.15) is 13.2 Å². The molecule has 1 rings (SSSR count). The third-order valence-corrected chi connectivity index (χ3v) is 3.95. The molecule has 18 heavy (non-hydrogen) atoms. The van der Waals surface area contributed by atoms with Crippen LogP contribution in [0.25, 0.3) is 0 Å². The number of hydrogen-bond acceptors (Lipinski definition) is 2. The molecule has 102 valence electrons. The average Bonchev–Trinajstić information content (AvgIpc) is 2.28. The van der Waals surface area contributed by atoms with Crippen molar-refractivity contribution in [2.45, 2.75) is 44.7 Å². The van der Waals surface area contributed by atoms with Gasteiger partial charge in [-0.25, -0.2) is 0 Å². The van der Waals surface area contributed by atoms with Crippen LogP contribution in [-0.4, -0.2) is 14.9 Å². The van der Waals surface area contributed by atoms with Gasteiger partial charge < -0.3 is 4.55 Å². The minimum Gasteiger partial charge on any atom is -0.769 e. The van der Waals surface area contributed by atoms with Gasteiger partial charge in [0, 0.05) is 17.2 Å². The van der Waals surface area contributed by atoms with Crippen LogP contribution in [0.3, 0.4) is 0 Å². The van der Waals surface area contributed by atoms with Gasteiger partial charge in [-0.3, -0.25) is 4.21 Å². The molecule has 0 radical (unpaired) electrons. The number of halogens is 3. The maximum Gasteiger partial charge on any atom is 0.389 e. The van der Waals surface area contributed by atoms with Gasteiger partial charge >= 0.3 is 6.18 Å². The van der Waals surface area contributed by atoms with E-state index in [-0.39, 0.29) is 10.8 Å². The monoisotopic (exact) mass is 279 g/mol.